The van der Waals surface area contributed by atoms with Crippen LogP contribution in [-0.2, 0) is 6.54 Å². The first-order chi connectivity index (χ1) is 8.56. The van der Waals surface area contributed by atoms with Crippen LogP contribution in [-0.4, -0.2) is 5.11 Å². The Kier molecular flexibility index (Phi) is 3.51. The molecule has 2 nitrogen and oxygen atoms in total. The van der Waals surface area contributed by atoms with Crippen LogP contribution in [0.5, 0.6) is 5.75 Å². The molecule has 18 heavy (non-hydrogen) atoms. The van der Waals surface area contributed by atoms with E-state index in [1.54, 1.807) is 0 Å². The Bertz CT molecular complexity index is 546. The largest absolute Gasteiger partial charge is 0.507 e. The summed E-state index contributed by atoms with van der Waals surface area (Å²) in [5.74, 6) is 0.0316. The summed E-state index contributed by atoms with van der Waals surface area (Å²) < 4.78 is 13.2. The molecule has 0 spiro atoms. The van der Waals surface area contributed by atoms with E-state index in [-0.39, 0.29) is 11.6 Å². The van der Waals surface area contributed by atoms with Crippen LogP contribution in [0.2, 0.25) is 0 Å². The number of aromatic hydroxyl groups is 1. The second-order valence-electron chi connectivity index (χ2n) is 4.45. The first kappa shape index (κ1) is 12.4. The lowest BCUT2D eigenvalue weighted by Crippen LogP contribution is -2.01. The molecule has 2 N–H and O–H groups in total. The highest BCUT2D eigenvalue weighted by Crippen LogP contribution is 2.22. The molecule has 0 aliphatic heterocycles. The van der Waals surface area contributed by atoms with Crippen molar-refractivity contribution in [3.63, 3.8) is 0 Å². The second-order valence-corrected chi connectivity index (χ2v) is 4.45. The highest BCUT2D eigenvalue weighted by atomic mass is 19.1. The molecule has 0 bridgehead atoms. The van der Waals surface area contributed by atoms with Crippen molar-refractivity contribution in [3.05, 3.63) is 58.9 Å². The number of benzene rings is 2. The van der Waals surface area contributed by atoms with Gasteiger partial charge in [-0.05, 0) is 43.2 Å². The van der Waals surface area contributed by atoms with Crippen LogP contribution >= 0.6 is 0 Å². The van der Waals surface area contributed by atoms with E-state index in [0.717, 1.165) is 16.7 Å². The minimum atomic E-state index is -0.258. The quantitative estimate of drug-likeness (QED) is 0.863. The first-order valence-electron chi connectivity index (χ1n) is 5.85. The molecule has 0 fully saturated rings. The Morgan fingerprint density at radius 2 is 1.94 bits per heavy atom. The zero-order valence-electron chi connectivity index (χ0n) is 10.5. The van der Waals surface area contributed by atoms with E-state index >= 15 is 0 Å². The van der Waals surface area contributed by atoms with E-state index in [1.165, 1.54) is 12.1 Å². The van der Waals surface area contributed by atoms with E-state index < -0.39 is 0 Å². The maximum Gasteiger partial charge on any atom is 0.125 e. The van der Waals surface area contributed by atoms with Gasteiger partial charge in [0.1, 0.15) is 11.6 Å². The van der Waals surface area contributed by atoms with Crippen molar-refractivity contribution in [3.8, 4) is 5.75 Å². The molecule has 0 amide bonds. The lowest BCUT2D eigenvalue weighted by atomic mass is 10.1. The molecule has 0 radical (unpaired) electrons. The van der Waals surface area contributed by atoms with E-state index in [4.69, 9.17) is 0 Å². The summed E-state index contributed by atoms with van der Waals surface area (Å²) in [6.45, 7) is 4.17. The fraction of sp³-hybridized carbons (Fsp3) is 0.200. The monoisotopic (exact) mass is 245 g/mol. The van der Waals surface area contributed by atoms with Crippen LogP contribution in [0.3, 0.4) is 0 Å². The Balaban J connectivity index is 2.14. The number of aryl methyl sites for hydroxylation is 2. The van der Waals surface area contributed by atoms with Crippen LogP contribution in [0, 0.1) is 19.7 Å². The summed E-state index contributed by atoms with van der Waals surface area (Å²) in [4.78, 5) is 0. The van der Waals surface area contributed by atoms with Crippen molar-refractivity contribution >= 4 is 5.69 Å². The van der Waals surface area contributed by atoms with Crippen molar-refractivity contribution in [2.24, 2.45) is 0 Å². The molecule has 0 unspecified atom stereocenters. The van der Waals surface area contributed by atoms with Crippen molar-refractivity contribution in [1.29, 1.82) is 0 Å². The van der Waals surface area contributed by atoms with Gasteiger partial charge >= 0.3 is 0 Å². The van der Waals surface area contributed by atoms with Gasteiger partial charge in [-0.3, -0.25) is 0 Å². The van der Waals surface area contributed by atoms with Crippen LogP contribution < -0.4 is 5.32 Å². The van der Waals surface area contributed by atoms with Crippen molar-refractivity contribution in [2.75, 3.05) is 5.32 Å². The number of phenols is 1. The summed E-state index contributed by atoms with van der Waals surface area (Å²) >= 11 is 0. The lowest BCUT2D eigenvalue weighted by Gasteiger charge is -2.10. The van der Waals surface area contributed by atoms with Gasteiger partial charge < -0.3 is 10.4 Å². The molecule has 3 heteroatoms. The third-order valence-electron chi connectivity index (χ3n) is 2.85. The summed E-state index contributed by atoms with van der Waals surface area (Å²) in [5, 5.41) is 13.0. The van der Waals surface area contributed by atoms with Gasteiger partial charge in [0.25, 0.3) is 0 Å². The molecule has 0 atom stereocenters. The van der Waals surface area contributed by atoms with Gasteiger partial charge in [0.15, 0.2) is 0 Å². The predicted molar refractivity (Wildman–Crippen MR) is 71.3 cm³/mol. The molecule has 0 aliphatic rings. The van der Waals surface area contributed by atoms with Gasteiger partial charge in [-0.25, -0.2) is 4.39 Å². The highest BCUT2D eigenvalue weighted by Gasteiger charge is 2.04. The van der Waals surface area contributed by atoms with Gasteiger partial charge in [-0.15, -0.1) is 0 Å². The zero-order chi connectivity index (χ0) is 13.1. The van der Waals surface area contributed by atoms with Gasteiger partial charge in [-0.2, -0.15) is 0 Å². The Hall–Kier alpha value is -2.03. The fourth-order valence-electron chi connectivity index (χ4n) is 1.90. The van der Waals surface area contributed by atoms with Crippen LogP contribution in [0.25, 0.3) is 0 Å². The normalized spacial score (nSPS) is 10.4. The van der Waals surface area contributed by atoms with Gasteiger partial charge in [0, 0.05) is 17.8 Å². The summed E-state index contributed by atoms with van der Waals surface area (Å²) in [6.07, 6.45) is 0. The topological polar surface area (TPSA) is 32.3 Å². The number of phenolic OH excluding ortho intramolecular Hbond substituents is 1. The number of halogens is 1. The van der Waals surface area contributed by atoms with E-state index in [0.29, 0.717) is 12.2 Å². The molecule has 0 aliphatic carbocycles. The lowest BCUT2D eigenvalue weighted by molar-refractivity contribution is 0.465. The summed E-state index contributed by atoms with van der Waals surface area (Å²) in [7, 11) is 0. The molecule has 0 aromatic heterocycles. The minimum absolute atomic E-state index is 0.258. The molecular weight excluding hydrogens is 229 g/mol. The number of rotatable bonds is 3. The van der Waals surface area contributed by atoms with Crippen LogP contribution in [0.1, 0.15) is 16.7 Å². The molecule has 2 aromatic carbocycles. The molecule has 2 aromatic rings. The standard InChI is InChI=1S/C15H16FNO/c1-10-6-13(16)8-14(7-10)17-9-12-5-3-4-11(2)15(12)18/h3-8,17-18H,9H2,1-2H3. The van der Waals surface area contributed by atoms with Crippen LogP contribution in [0.4, 0.5) is 10.1 Å². The SMILES string of the molecule is Cc1cc(F)cc(NCc2cccc(C)c2O)c1. The number of anilines is 1. The Labute approximate surface area is 106 Å². The molecule has 94 valence electrons. The number of hydrogen-bond donors (Lipinski definition) is 2. The van der Waals surface area contributed by atoms with Crippen molar-refractivity contribution < 1.29 is 9.50 Å². The van der Waals surface area contributed by atoms with Crippen molar-refractivity contribution in [1.82, 2.24) is 0 Å². The van der Waals surface area contributed by atoms with E-state index in [9.17, 15) is 9.50 Å². The molecule has 0 saturated heterocycles. The fourth-order valence-corrected chi connectivity index (χ4v) is 1.90. The van der Waals surface area contributed by atoms with E-state index in [1.807, 2.05) is 38.1 Å². The summed E-state index contributed by atoms with van der Waals surface area (Å²) in [6, 6.07) is 10.4. The molecule has 2 rings (SSSR count). The molecule has 0 heterocycles. The smallest absolute Gasteiger partial charge is 0.125 e. The van der Waals surface area contributed by atoms with E-state index in [2.05, 4.69) is 5.32 Å². The maximum atomic E-state index is 13.2. The Morgan fingerprint density at radius 1 is 1.17 bits per heavy atom. The molecular formula is C15H16FNO. The first-order valence-corrected chi connectivity index (χ1v) is 5.85. The average molecular weight is 245 g/mol. The number of hydrogen-bond acceptors (Lipinski definition) is 2. The minimum Gasteiger partial charge on any atom is -0.507 e. The average Bonchev–Trinajstić information content (AvgIpc) is 2.30. The second kappa shape index (κ2) is 5.08. The van der Waals surface area contributed by atoms with Gasteiger partial charge in [0.2, 0.25) is 0 Å². The third kappa shape index (κ3) is 2.80. The zero-order valence-corrected chi connectivity index (χ0v) is 10.5. The molecule has 0 saturated carbocycles. The van der Waals surface area contributed by atoms with Gasteiger partial charge in [0.05, 0.1) is 0 Å². The maximum absolute atomic E-state index is 13.2. The highest BCUT2D eigenvalue weighted by molar-refractivity contribution is 5.48. The van der Waals surface area contributed by atoms with Crippen LogP contribution in [0.15, 0.2) is 36.4 Å². The van der Waals surface area contributed by atoms with Gasteiger partial charge in [-0.1, -0.05) is 18.2 Å². The summed E-state index contributed by atoms with van der Waals surface area (Å²) in [5.41, 5.74) is 3.22. The number of para-hydroxylation sites is 1. The number of nitrogens with one attached hydrogen (secondary N) is 1. The predicted octanol–water partition coefficient (Wildman–Crippen LogP) is 3.76. The third-order valence-corrected chi connectivity index (χ3v) is 2.85. The van der Waals surface area contributed by atoms with Crippen molar-refractivity contribution in [2.45, 2.75) is 20.4 Å². The Morgan fingerprint density at radius 3 is 2.67 bits per heavy atom.